The molecule has 0 aliphatic heterocycles. The zero-order valence-corrected chi connectivity index (χ0v) is 20.6. The summed E-state index contributed by atoms with van der Waals surface area (Å²) < 4.78 is 0. The van der Waals surface area contributed by atoms with Gasteiger partial charge in [0.25, 0.3) is 11.8 Å². The van der Waals surface area contributed by atoms with Crippen LogP contribution in [0, 0.1) is 0 Å². The van der Waals surface area contributed by atoms with Gasteiger partial charge in [0, 0.05) is 22.6 Å². The number of fused-ring (bicyclic) bond motifs is 2. The van der Waals surface area contributed by atoms with Gasteiger partial charge < -0.3 is 38.2 Å². The maximum Gasteiger partial charge on any atom is 0.287 e. The predicted molar refractivity (Wildman–Crippen MR) is 129 cm³/mol. The molecule has 0 fully saturated rings. The van der Waals surface area contributed by atoms with Crippen LogP contribution in [-0.2, 0) is 16.0 Å². The zero-order chi connectivity index (χ0) is 24.2. The van der Waals surface area contributed by atoms with Crippen LogP contribution in [-0.4, -0.2) is 34.1 Å². The van der Waals surface area contributed by atoms with Crippen molar-refractivity contribution >= 4 is 39.0 Å². The van der Waals surface area contributed by atoms with E-state index < -0.39 is 18.0 Å². The molecule has 0 saturated heterocycles. The van der Waals surface area contributed by atoms with E-state index >= 15 is 0 Å². The van der Waals surface area contributed by atoms with E-state index in [1.165, 1.54) is 0 Å². The molecule has 0 aliphatic rings. The lowest BCUT2D eigenvalue weighted by Crippen LogP contribution is -3.00. The molecule has 0 saturated carbocycles. The molecule has 0 unspecified atom stereocenters. The van der Waals surface area contributed by atoms with Crippen LogP contribution in [0.4, 0.5) is 5.69 Å². The number of nitrogens with one attached hydrogen (secondary N) is 1. The molecule has 0 aromatic heterocycles. The summed E-state index contributed by atoms with van der Waals surface area (Å²) in [6.45, 7) is 1.64. The van der Waals surface area contributed by atoms with Crippen LogP contribution in [0.2, 0.25) is 0 Å². The average molecular weight is 537 g/mol. The Morgan fingerprint density at radius 2 is 1.49 bits per heavy atom. The largest absolute Gasteiger partial charge is 1.00 e. The summed E-state index contributed by atoms with van der Waals surface area (Å²) >= 11 is 0. The highest BCUT2D eigenvalue weighted by Gasteiger charge is 2.24. The number of aromatic hydroxyl groups is 2. The highest BCUT2D eigenvalue weighted by molar-refractivity contribution is 6.14. The molecule has 0 heterocycles. The maximum absolute atomic E-state index is 13.0. The van der Waals surface area contributed by atoms with Crippen molar-refractivity contribution in [2.24, 2.45) is 10.2 Å². The first-order chi connectivity index (χ1) is 16.4. The van der Waals surface area contributed by atoms with E-state index in [4.69, 9.17) is 0 Å². The van der Waals surface area contributed by atoms with Gasteiger partial charge in [0.1, 0.15) is 17.5 Å². The summed E-state index contributed by atoms with van der Waals surface area (Å²) in [5.74, 6) is -1.07. The summed E-state index contributed by atoms with van der Waals surface area (Å²) in [6, 6.07) is 19.6. The number of quaternary nitrogens is 1. The predicted octanol–water partition coefficient (Wildman–Crippen LogP) is 0.376. The first-order valence-corrected chi connectivity index (χ1v) is 10.8. The number of rotatable bonds is 6. The Kier molecular flexibility index (Phi) is 8.16. The Morgan fingerprint density at radius 1 is 0.886 bits per heavy atom. The van der Waals surface area contributed by atoms with Crippen molar-refractivity contribution in [2.75, 3.05) is 0 Å². The van der Waals surface area contributed by atoms with E-state index in [9.17, 15) is 19.8 Å². The van der Waals surface area contributed by atoms with Crippen LogP contribution in [0.5, 0.6) is 11.5 Å². The second-order valence-electron chi connectivity index (χ2n) is 8.13. The Hall–Kier alpha value is -3.82. The third kappa shape index (κ3) is 5.47. The summed E-state index contributed by atoms with van der Waals surface area (Å²) in [6.07, 6.45) is 0.239. The molecule has 0 aliphatic carbocycles. The molecule has 0 radical (unpaired) electrons. The number of azo groups is 1. The fraction of sp³-hybridized carbons (Fsp3) is 0.154. The van der Waals surface area contributed by atoms with Crippen LogP contribution in [0.25, 0.3) is 21.5 Å². The first-order valence-electron chi connectivity index (χ1n) is 10.8. The fourth-order valence-corrected chi connectivity index (χ4v) is 3.78. The number of nitrogens with zero attached hydrogens (tertiary/aromatic N) is 2. The van der Waals surface area contributed by atoms with Crippen molar-refractivity contribution < 1.29 is 42.5 Å². The van der Waals surface area contributed by atoms with Crippen molar-refractivity contribution in [3.8, 4) is 11.5 Å². The molecule has 0 bridgehead atoms. The van der Waals surface area contributed by atoms with Crippen molar-refractivity contribution in [1.82, 2.24) is 5.32 Å². The number of phenolic OH excluding ortho intramolecular Hbond substituents is 2. The number of phenols is 2. The van der Waals surface area contributed by atoms with Crippen LogP contribution in [0.1, 0.15) is 12.5 Å². The Morgan fingerprint density at radius 3 is 2.14 bits per heavy atom. The molecule has 8 nitrogen and oxygen atoms in total. The standard InChI is InChI=1S/C26H24N4O4.BrH/c1-15(27)25(33)28-21(14-16-8-3-2-4-9-16)26(34)30-29-20-13-7-12-19-22(20)24(32)18-11-6-5-10-17(18)23(19)31;/h2-13,15,21,31-32H,14,27H2,1H3,(H,28,33);1H/t15-,21-;/m0./s1. The van der Waals surface area contributed by atoms with Gasteiger partial charge in [-0.3, -0.25) is 9.59 Å². The first kappa shape index (κ1) is 25.8. The molecule has 2 amide bonds. The molecule has 6 N–H and O–H groups in total. The number of hydrogen-bond acceptors (Lipinski definition) is 5. The van der Waals surface area contributed by atoms with E-state index in [0.717, 1.165) is 5.56 Å². The second-order valence-corrected chi connectivity index (χ2v) is 8.13. The van der Waals surface area contributed by atoms with E-state index in [0.29, 0.717) is 16.2 Å². The number of carbonyl (C=O) groups is 2. The molecule has 35 heavy (non-hydrogen) atoms. The van der Waals surface area contributed by atoms with Crippen LogP contribution < -0.4 is 28.0 Å². The number of halogens is 1. The van der Waals surface area contributed by atoms with Gasteiger partial charge in [-0.2, -0.15) is 0 Å². The van der Waals surface area contributed by atoms with E-state index in [2.05, 4.69) is 21.3 Å². The lowest BCUT2D eigenvalue weighted by molar-refractivity contribution is -0.398. The third-order valence-corrected chi connectivity index (χ3v) is 5.57. The SMILES string of the molecule is C[C@H]([NH3+])C(=O)N[C@@H](Cc1ccccc1)C(=O)N=Nc1cccc2c(O)c3ccccc3c(O)c12.[Br-]. The molecular weight excluding hydrogens is 512 g/mol. The monoisotopic (exact) mass is 536 g/mol. The van der Waals surface area contributed by atoms with Gasteiger partial charge in [-0.1, -0.05) is 66.7 Å². The van der Waals surface area contributed by atoms with Gasteiger partial charge in [0.15, 0.2) is 6.04 Å². The van der Waals surface area contributed by atoms with E-state index in [1.807, 2.05) is 30.3 Å². The summed E-state index contributed by atoms with van der Waals surface area (Å²) in [7, 11) is 0. The number of hydrogen-bond donors (Lipinski definition) is 4. The number of amides is 2. The highest BCUT2D eigenvalue weighted by atomic mass is 79.9. The minimum absolute atomic E-state index is 0. The third-order valence-electron chi connectivity index (χ3n) is 5.57. The average Bonchev–Trinajstić information content (AvgIpc) is 2.85. The van der Waals surface area contributed by atoms with Gasteiger partial charge >= 0.3 is 0 Å². The molecular formula is C26H25BrN4O4. The van der Waals surface area contributed by atoms with Gasteiger partial charge in [-0.25, -0.2) is 0 Å². The Bertz CT molecular complexity index is 1410. The molecule has 4 rings (SSSR count). The quantitative estimate of drug-likeness (QED) is 0.160. The fourth-order valence-electron chi connectivity index (χ4n) is 3.78. The summed E-state index contributed by atoms with van der Waals surface area (Å²) in [5, 5.41) is 33.9. The topological polar surface area (TPSA) is 139 Å². The molecule has 0 spiro atoms. The van der Waals surface area contributed by atoms with Gasteiger partial charge in [0.05, 0.1) is 11.1 Å². The highest BCUT2D eigenvalue weighted by Crippen LogP contribution is 2.45. The molecule has 4 aromatic rings. The van der Waals surface area contributed by atoms with Crippen molar-refractivity contribution in [2.45, 2.75) is 25.4 Å². The van der Waals surface area contributed by atoms with Crippen molar-refractivity contribution in [3.05, 3.63) is 78.4 Å². The van der Waals surface area contributed by atoms with Gasteiger partial charge in [-0.15, -0.1) is 10.2 Å². The molecule has 2 atom stereocenters. The minimum atomic E-state index is -0.930. The second kappa shape index (κ2) is 11.1. The minimum Gasteiger partial charge on any atom is -1.00 e. The van der Waals surface area contributed by atoms with Gasteiger partial charge in [-0.05, 0) is 18.6 Å². The van der Waals surface area contributed by atoms with E-state index in [-0.39, 0.29) is 51.9 Å². The number of benzene rings is 4. The van der Waals surface area contributed by atoms with Gasteiger partial charge in [0.2, 0.25) is 0 Å². The Labute approximate surface area is 212 Å². The lowest BCUT2D eigenvalue weighted by atomic mass is 9.99. The lowest BCUT2D eigenvalue weighted by Gasteiger charge is -2.16. The molecule has 4 aromatic carbocycles. The molecule has 180 valence electrons. The Balaban J connectivity index is 0.00000342. The van der Waals surface area contributed by atoms with Crippen molar-refractivity contribution in [1.29, 1.82) is 0 Å². The summed E-state index contributed by atoms with van der Waals surface area (Å²) in [4.78, 5) is 25.2. The van der Waals surface area contributed by atoms with Crippen molar-refractivity contribution in [3.63, 3.8) is 0 Å². The van der Waals surface area contributed by atoms with Crippen LogP contribution >= 0.6 is 0 Å². The summed E-state index contributed by atoms with van der Waals surface area (Å²) in [5.41, 5.74) is 4.78. The number of carbonyl (C=O) groups excluding carboxylic acids is 2. The smallest absolute Gasteiger partial charge is 0.287 e. The zero-order valence-electron chi connectivity index (χ0n) is 19.0. The van der Waals surface area contributed by atoms with Crippen LogP contribution in [0.3, 0.4) is 0 Å². The van der Waals surface area contributed by atoms with E-state index in [1.54, 1.807) is 49.4 Å². The normalized spacial score (nSPS) is 12.9. The van der Waals surface area contributed by atoms with Crippen LogP contribution in [0.15, 0.2) is 83.0 Å². The molecule has 9 heteroatoms. The maximum atomic E-state index is 13.0.